The Kier molecular flexibility index (Phi) is 6.07. The fourth-order valence-electron chi connectivity index (χ4n) is 1.21. The van der Waals surface area contributed by atoms with Gasteiger partial charge in [-0.25, -0.2) is 9.97 Å². The molecule has 6 heteroatoms. The molecule has 96 valence electrons. The average Bonchev–Trinajstić information content (AvgIpc) is 2.34. The zero-order valence-electron chi connectivity index (χ0n) is 10.8. The topological polar surface area (TPSA) is 59.1 Å². The van der Waals surface area contributed by atoms with E-state index in [0.29, 0.717) is 6.61 Å². The standard InChI is InChI=1S/C11H20N4OS/c1-8(2)16-6-5-13-10-7-9(12-3)14-11(15-10)17-4/h7-8H,5-6H2,1-4H3,(H2,12,13,14,15). The summed E-state index contributed by atoms with van der Waals surface area (Å²) in [5.41, 5.74) is 0. The third-order valence-electron chi connectivity index (χ3n) is 2.00. The number of nitrogens with zero attached hydrogens (tertiary/aromatic N) is 2. The van der Waals surface area contributed by atoms with Gasteiger partial charge in [0.2, 0.25) is 0 Å². The summed E-state index contributed by atoms with van der Waals surface area (Å²) in [6.07, 6.45) is 2.22. The van der Waals surface area contributed by atoms with Crippen molar-refractivity contribution in [2.45, 2.75) is 25.1 Å². The van der Waals surface area contributed by atoms with Gasteiger partial charge in [-0.1, -0.05) is 11.8 Å². The first-order valence-corrected chi connectivity index (χ1v) is 6.84. The molecule has 0 radical (unpaired) electrons. The minimum atomic E-state index is 0.261. The van der Waals surface area contributed by atoms with E-state index in [4.69, 9.17) is 4.74 Å². The van der Waals surface area contributed by atoms with E-state index < -0.39 is 0 Å². The minimum Gasteiger partial charge on any atom is -0.377 e. The number of ether oxygens (including phenoxy) is 1. The second-order valence-corrected chi connectivity index (χ2v) is 4.49. The van der Waals surface area contributed by atoms with Gasteiger partial charge >= 0.3 is 0 Å². The van der Waals surface area contributed by atoms with Crippen molar-refractivity contribution in [1.82, 2.24) is 9.97 Å². The Hall–Kier alpha value is -1.01. The van der Waals surface area contributed by atoms with Crippen LogP contribution in [0, 0.1) is 0 Å². The lowest BCUT2D eigenvalue weighted by atomic mass is 10.5. The summed E-state index contributed by atoms with van der Waals surface area (Å²) in [4.78, 5) is 8.66. The van der Waals surface area contributed by atoms with E-state index >= 15 is 0 Å². The van der Waals surface area contributed by atoms with Gasteiger partial charge < -0.3 is 15.4 Å². The zero-order chi connectivity index (χ0) is 12.7. The van der Waals surface area contributed by atoms with Crippen LogP contribution in [0.1, 0.15) is 13.8 Å². The Bertz CT molecular complexity index is 324. The average molecular weight is 256 g/mol. The predicted octanol–water partition coefficient (Wildman–Crippen LogP) is 2.08. The number of rotatable bonds is 7. The van der Waals surface area contributed by atoms with Crippen molar-refractivity contribution in [3.8, 4) is 0 Å². The molecule has 0 aliphatic heterocycles. The fraction of sp³-hybridized carbons (Fsp3) is 0.636. The number of aromatic nitrogens is 2. The van der Waals surface area contributed by atoms with E-state index in [0.717, 1.165) is 23.3 Å². The van der Waals surface area contributed by atoms with Crippen molar-refractivity contribution in [1.29, 1.82) is 0 Å². The molecule has 0 amide bonds. The highest BCUT2D eigenvalue weighted by molar-refractivity contribution is 7.98. The second-order valence-electron chi connectivity index (χ2n) is 3.72. The Morgan fingerprint density at radius 2 is 2.06 bits per heavy atom. The number of thioether (sulfide) groups is 1. The molecular weight excluding hydrogens is 236 g/mol. The molecule has 0 bridgehead atoms. The third-order valence-corrected chi connectivity index (χ3v) is 2.55. The molecule has 0 spiro atoms. The van der Waals surface area contributed by atoms with Crippen LogP contribution in [0.25, 0.3) is 0 Å². The highest BCUT2D eigenvalue weighted by Gasteiger charge is 2.02. The molecule has 17 heavy (non-hydrogen) atoms. The molecule has 1 rings (SSSR count). The van der Waals surface area contributed by atoms with Crippen LogP contribution in [0.4, 0.5) is 11.6 Å². The molecule has 0 atom stereocenters. The highest BCUT2D eigenvalue weighted by Crippen LogP contribution is 2.16. The fourth-order valence-corrected chi connectivity index (χ4v) is 1.59. The number of anilines is 2. The summed E-state index contributed by atoms with van der Waals surface area (Å²) in [6, 6.07) is 1.88. The van der Waals surface area contributed by atoms with Crippen molar-refractivity contribution < 1.29 is 4.74 Å². The van der Waals surface area contributed by atoms with Crippen LogP contribution in [0.5, 0.6) is 0 Å². The maximum atomic E-state index is 5.45. The maximum Gasteiger partial charge on any atom is 0.191 e. The lowest BCUT2D eigenvalue weighted by molar-refractivity contribution is 0.0870. The van der Waals surface area contributed by atoms with Gasteiger partial charge in [0.05, 0.1) is 12.7 Å². The Labute approximate surface area is 107 Å². The summed E-state index contributed by atoms with van der Waals surface area (Å²) in [7, 11) is 1.85. The number of hydrogen-bond acceptors (Lipinski definition) is 6. The number of nitrogens with one attached hydrogen (secondary N) is 2. The summed E-state index contributed by atoms with van der Waals surface area (Å²) in [6.45, 7) is 5.46. The molecule has 1 aromatic heterocycles. The molecule has 0 aliphatic carbocycles. The first kappa shape index (κ1) is 14.1. The van der Waals surface area contributed by atoms with Crippen LogP contribution >= 0.6 is 11.8 Å². The molecule has 0 unspecified atom stereocenters. The lowest BCUT2D eigenvalue weighted by Gasteiger charge is -2.10. The summed E-state index contributed by atoms with van der Waals surface area (Å²) in [5, 5.41) is 6.99. The van der Waals surface area contributed by atoms with E-state index in [1.54, 1.807) is 0 Å². The molecule has 1 heterocycles. The zero-order valence-corrected chi connectivity index (χ0v) is 11.6. The molecule has 5 nitrogen and oxygen atoms in total. The molecule has 0 aromatic carbocycles. The van der Waals surface area contributed by atoms with Crippen LogP contribution in [0.2, 0.25) is 0 Å². The molecule has 0 fully saturated rings. The van der Waals surface area contributed by atoms with Gasteiger partial charge in [-0.05, 0) is 20.1 Å². The highest BCUT2D eigenvalue weighted by atomic mass is 32.2. The molecular formula is C11H20N4OS. The summed E-state index contributed by atoms with van der Waals surface area (Å²) >= 11 is 1.52. The van der Waals surface area contributed by atoms with Crippen molar-refractivity contribution in [2.24, 2.45) is 0 Å². The van der Waals surface area contributed by atoms with Crippen molar-refractivity contribution in [3.63, 3.8) is 0 Å². The van der Waals surface area contributed by atoms with Gasteiger partial charge in [-0.3, -0.25) is 0 Å². The van der Waals surface area contributed by atoms with E-state index in [1.165, 1.54) is 11.8 Å². The third kappa shape index (κ3) is 5.23. The maximum absolute atomic E-state index is 5.45. The molecule has 1 aromatic rings. The summed E-state index contributed by atoms with van der Waals surface area (Å²) < 4.78 is 5.45. The largest absolute Gasteiger partial charge is 0.377 e. The van der Waals surface area contributed by atoms with Gasteiger partial charge in [-0.15, -0.1) is 0 Å². The molecule has 2 N–H and O–H groups in total. The van der Waals surface area contributed by atoms with Crippen LogP contribution in [-0.2, 0) is 4.74 Å². The SMILES string of the molecule is CNc1cc(NCCOC(C)C)nc(SC)n1. The van der Waals surface area contributed by atoms with Gasteiger partial charge in [0.25, 0.3) is 0 Å². The van der Waals surface area contributed by atoms with Gasteiger partial charge in [0.1, 0.15) is 11.6 Å². The van der Waals surface area contributed by atoms with Gasteiger partial charge in [-0.2, -0.15) is 0 Å². The molecule has 0 saturated heterocycles. The Morgan fingerprint density at radius 3 is 2.65 bits per heavy atom. The van der Waals surface area contributed by atoms with Crippen LogP contribution < -0.4 is 10.6 Å². The normalized spacial score (nSPS) is 10.6. The van der Waals surface area contributed by atoms with Crippen molar-refractivity contribution in [2.75, 3.05) is 37.1 Å². The first-order chi connectivity index (χ1) is 8.15. The number of hydrogen-bond donors (Lipinski definition) is 2. The Morgan fingerprint density at radius 1 is 1.35 bits per heavy atom. The van der Waals surface area contributed by atoms with E-state index in [1.807, 2.05) is 33.2 Å². The van der Waals surface area contributed by atoms with E-state index in [2.05, 4.69) is 20.6 Å². The van der Waals surface area contributed by atoms with Crippen LogP contribution in [0.3, 0.4) is 0 Å². The van der Waals surface area contributed by atoms with Crippen molar-refractivity contribution in [3.05, 3.63) is 6.07 Å². The van der Waals surface area contributed by atoms with Gasteiger partial charge in [0, 0.05) is 19.7 Å². The molecule has 0 aliphatic rings. The van der Waals surface area contributed by atoms with Gasteiger partial charge in [0.15, 0.2) is 5.16 Å². The van der Waals surface area contributed by atoms with Crippen LogP contribution in [-0.4, -0.2) is 42.5 Å². The monoisotopic (exact) mass is 256 g/mol. The van der Waals surface area contributed by atoms with E-state index in [-0.39, 0.29) is 6.10 Å². The summed E-state index contributed by atoms with van der Waals surface area (Å²) in [5.74, 6) is 1.64. The molecule has 0 saturated carbocycles. The Balaban J connectivity index is 2.51. The second kappa shape index (κ2) is 7.34. The first-order valence-electron chi connectivity index (χ1n) is 5.62. The van der Waals surface area contributed by atoms with Crippen LogP contribution in [0.15, 0.2) is 11.2 Å². The lowest BCUT2D eigenvalue weighted by Crippen LogP contribution is -2.14. The predicted molar refractivity (Wildman–Crippen MR) is 72.9 cm³/mol. The quantitative estimate of drug-likeness (QED) is 0.442. The van der Waals surface area contributed by atoms with E-state index in [9.17, 15) is 0 Å². The van der Waals surface area contributed by atoms with Crippen molar-refractivity contribution >= 4 is 23.4 Å². The smallest absolute Gasteiger partial charge is 0.191 e. The minimum absolute atomic E-state index is 0.261.